The number of aldehydes is 1. The lowest BCUT2D eigenvalue weighted by Crippen LogP contribution is -2.65. The van der Waals surface area contributed by atoms with Crippen molar-refractivity contribution in [2.75, 3.05) is 35.3 Å². The zero-order chi connectivity index (χ0) is 43.8. The van der Waals surface area contributed by atoms with Crippen LogP contribution in [0.15, 0.2) is 24.3 Å². The van der Waals surface area contributed by atoms with Gasteiger partial charge in [-0.2, -0.15) is 0 Å². The van der Waals surface area contributed by atoms with Gasteiger partial charge in [0.2, 0.25) is 0 Å². The lowest BCUT2D eigenvalue weighted by atomic mass is 9.82. The van der Waals surface area contributed by atoms with E-state index in [2.05, 4.69) is 4.90 Å². The van der Waals surface area contributed by atoms with E-state index in [0.29, 0.717) is 19.3 Å². The summed E-state index contributed by atoms with van der Waals surface area (Å²) < 4.78 is 50.0. The number of ether oxygens (including phenoxy) is 8. The number of hydrogen-bond acceptors (Lipinski definition) is 16. The van der Waals surface area contributed by atoms with E-state index in [9.17, 15) is 30.0 Å². The fraction of sp³-hybridized carbons (Fsp3) is 0.860. The lowest BCUT2D eigenvalue weighted by Gasteiger charge is -2.50. The van der Waals surface area contributed by atoms with Crippen molar-refractivity contribution in [3.8, 4) is 0 Å². The molecule has 4 rings (SSSR count). The van der Waals surface area contributed by atoms with Crippen LogP contribution >= 0.6 is 0 Å². The summed E-state index contributed by atoms with van der Waals surface area (Å²) in [6, 6.07) is -0.466. The molecule has 0 amide bonds. The van der Waals surface area contributed by atoms with E-state index < -0.39 is 110 Å². The van der Waals surface area contributed by atoms with Crippen LogP contribution in [0.25, 0.3) is 0 Å². The minimum Gasteiger partial charge on any atom is -0.462 e. The van der Waals surface area contributed by atoms with Gasteiger partial charge in [-0.05, 0) is 93.9 Å². The number of rotatable bonds is 11. The van der Waals surface area contributed by atoms with Gasteiger partial charge < -0.3 is 72.9 Å². The van der Waals surface area contributed by atoms with Gasteiger partial charge in [0.1, 0.15) is 36.8 Å². The Morgan fingerprint density at radius 1 is 0.864 bits per heavy atom. The van der Waals surface area contributed by atoms with Crippen LogP contribution in [-0.2, 0) is 47.5 Å². The van der Waals surface area contributed by atoms with Crippen LogP contribution < -0.4 is 0 Å². The molecular weight excluding hydrogens is 768 g/mol. The Bertz CT molecular complexity index is 1370. The Labute approximate surface area is 351 Å². The third-order valence-electron chi connectivity index (χ3n) is 12.4. The summed E-state index contributed by atoms with van der Waals surface area (Å²) >= 11 is 0. The largest absolute Gasteiger partial charge is 0.462 e. The maximum atomic E-state index is 13.1. The second-order valence-electron chi connectivity index (χ2n) is 17.8. The van der Waals surface area contributed by atoms with E-state index in [1.807, 2.05) is 52.2 Å². The van der Waals surface area contributed by atoms with E-state index >= 15 is 0 Å². The predicted molar refractivity (Wildman–Crippen MR) is 217 cm³/mol. The average Bonchev–Trinajstić information content (AvgIpc) is 3.13. The van der Waals surface area contributed by atoms with E-state index in [0.717, 1.165) is 12.7 Å². The number of hydrogen-bond donors (Lipinski definition) is 4. The summed E-state index contributed by atoms with van der Waals surface area (Å²) in [5.74, 6) is -1.47. The molecule has 340 valence electrons. The highest BCUT2D eigenvalue weighted by Gasteiger charge is 2.52. The molecule has 0 saturated carbocycles. The molecule has 4 heterocycles. The molecule has 59 heavy (non-hydrogen) atoms. The van der Waals surface area contributed by atoms with E-state index in [4.69, 9.17) is 37.9 Å². The molecule has 16 heteroatoms. The molecule has 0 unspecified atom stereocenters. The molecule has 4 aliphatic rings. The molecule has 0 radical (unpaired) electrons. The number of carbonyl (C=O) groups excluding carboxylic acids is 2. The van der Waals surface area contributed by atoms with Crippen LogP contribution in [0.3, 0.4) is 0 Å². The first-order chi connectivity index (χ1) is 27.8. The molecule has 3 saturated heterocycles. The van der Waals surface area contributed by atoms with Gasteiger partial charge in [-0.25, -0.2) is 0 Å². The predicted octanol–water partition coefficient (Wildman–Crippen LogP) is 2.33. The maximum Gasteiger partial charge on any atom is 0.308 e. The second-order valence-corrected chi connectivity index (χ2v) is 17.8. The average molecular weight is 843 g/mol. The van der Waals surface area contributed by atoms with Gasteiger partial charge in [0.25, 0.3) is 0 Å². The summed E-state index contributed by atoms with van der Waals surface area (Å²) in [6.45, 7) is 10.8. The van der Waals surface area contributed by atoms with Crippen LogP contribution in [0.5, 0.6) is 0 Å². The van der Waals surface area contributed by atoms with Gasteiger partial charge >= 0.3 is 5.97 Å². The van der Waals surface area contributed by atoms with Crippen LogP contribution in [0, 0.1) is 11.8 Å². The van der Waals surface area contributed by atoms with Crippen molar-refractivity contribution in [3.63, 3.8) is 0 Å². The fourth-order valence-electron chi connectivity index (χ4n) is 9.10. The van der Waals surface area contributed by atoms with Gasteiger partial charge in [-0.15, -0.1) is 0 Å². The molecule has 4 aliphatic heterocycles. The first-order valence-corrected chi connectivity index (χ1v) is 21.3. The molecule has 0 aromatic rings. The number of methoxy groups -OCH3 is 1. The third kappa shape index (κ3) is 13.3. The molecule has 0 aliphatic carbocycles. The topological polar surface area (TPSA) is 195 Å². The number of cyclic esters (lactones) is 1. The Balaban J connectivity index is 1.66. The second kappa shape index (κ2) is 22.5. The van der Waals surface area contributed by atoms with Crippen molar-refractivity contribution in [1.29, 1.82) is 0 Å². The Morgan fingerprint density at radius 3 is 2.17 bits per heavy atom. The van der Waals surface area contributed by atoms with Crippen LogP contribution in [0.1, 0.15) is 86.5 Å². The molecule has 0 spiro atoms. The van der Waals surface area contributed by atoms with Crippen LogP contribution in [-0.4, -0.2) is 181 Å². The molecule has 3 fully saturated rings. The molecule has 4 N–H and O–H groups in total. The monoisotopic (exact) mass is 843 g/mol. The van der Waals surface area contributed by atoms with Crippen molar-refractivity contribution in [3.05, 3.63) is 24.3 Å². The van der Waals surface area contributed by atoms with Gasteiger partial charge in [0.15, 0.2) is 18.9 Å². The molecular formula is C43H74N2O14. The quantitative estimate of drug-likeness (QED) is 0.175. The zero-order valence-corrected chi connectivity index (χ0v) is 37.0. The smallest absolute Gasteiger partial charge is 0.308 e. The Morgan fingerprint density at radius 2 is 1.56 bits per heavy atom. The highest BCUT2D eigenvalue weighted by Crippen LogP contribution is 2.37. The summed E-state index contributed by atoms with van der Waals surface area (Å²) in [7, 11) is 9.03. The van der Waals surface area contributed by atoms with Crippen molar-refractivity contribution >= 4 is 12.3 Å². The molecule has 0 aromatic heterocycles. The lowest BCUT2D eigenvalue weighted by molar-refractivity contribution is -0.344. The first-order valence-electron chi connectivity index (χ1n) is 21.3. The Hall–Kier alpha value is -1.90. The normalized spacial score (nSPS) is 44.7. The van der Waals surface area contributed by atoms with Crippen molar-refractivity contribution in [1.82, 2.24) is 9.80 Å². The molecule has 19 atom stereocenters. The number of aliphatic hydroxyl groups excluding tert-OH is 3. The SMILES string of the molecule is CO[C@@H]1[C@H](O[C@@H]2O[C@H](C)[C@@H](O[C@H]3C[C@@](C)(O)[C@@H](O)[C@H](C)O3)[C@@H](N(C)C)[C@@H]2O)[C@@H](CC=O)C[C@@H](C)[C@@H](O[C@H]2CC[C@H](N(C)C)[C@@H](C)O2)C=CC=CC[C@@H](C)OC(=O)C[C@H]1O. The summed E-state index contributed by atoms with van der Waals surface area (Å²) in [6.07, 6.45) is -1.56. The summed E-state index contributed by atoms with van der Waals surface area (Å²) in [5.41, 5.74) is -1.47. The minimum absolute atomic E-state index is 0.00885. The molecule has 16 nitrogen and oxygen atoms in total. The number of aliphatic hydroxyl groups is 4. The van der Waals surface area contributed by atoms with E-state index in [1.165, 1.54) is 14.0 Å². The number of allylic oxidation sites excluding steroid dienone is 2. The summed E-state index contributed by atoms with van der Waals surface area (Å²) in [4.78, 5) is 29.5. The van der Waals surface area contributed by atoms with E-state index in [1.54, 1.807) is 39.8 Å². The van der Waals surface area contributed by atoms with Crippen molar-refractivity contribution in [2.24, 2.45) is 11.8 Å². The number of likely N-dealkylation sites (N-methyl/N-ethyl adjacent to an activating group) is 2. The van der Waals surface area contributed by atoms with Crippen molar-refractivity contribution in [2.45, 2.75) is 190 Å². The standard InChI is InChI=1S/C43H74N2O14/c1-24-21-29(19-20-46)39(59-42-37(49)36(45(9)10)38(27(4)56-42)58-35-23-43(6,51)41(50)28(5)55-35)40(52-11)31(47)22-33(48)53-25(2)15-13-12-14-16-32(24)57-34-18-17-30(44(7)8)26(3)54-34/h12-14,16,20,24-32,34-42,47,49-51H,15,17-19,21-23H2,1-11H3/t24-,25-,26-,27-,28+,29+,30+,31-,32+,34+,35+,36+,37+,38-,39-,40+,41+,42+,43-/m1/s1. The van der Waals surface area contributed by atoms with Crippen LogP contribution in [0.4, 0.5) is 0 Å². The minimum atomic E-state index is -1.47. The van der Waals surface area contributed by atoms with Gasteiger partial charge in [-0.1, -0.05) is 31.2 Å². The van der Waals surface area contributed by atoms with Gasteiger partial charge in [-0.3, -0.25) is 4.79 Å². The molecule has 0 aromatic carbocycles. The van der Waals surface area contributed by atoms with Crippen molar-refractivity contribution < 1.29 is 67.9 Å². The zero-order valence-electron chi connectivity index (χ0n) is 37.0. The highest BCUT2D eigenvalue weighted by atomic mass is 16.7. The Kier molecular flexibility index (Phi) is 18.9. The van der Waals surface area contributed by atoms with Gasteiger partial charge in [0.05, 0.1) is 54.7 Å². The number of nitrogens with zero attached hydrogens (tertiary/aromatic N) is 2. The number of esters is 1. The molecule has 0 bridgehead atoms. The van der Waals surface area contributed by atoms with Gasteiger partial charge in [0, 0.05) is 32.4 Å². The summed E-state index contributed by atoms with van der Waals surface area (Å²) in [5, 5.41) is 45.1. The highest BCUT2D eigenvalue weighted by molar-refractivity contribution is 5.70. The van der Waals surface area contributed by atoms with Crippen LogP contribution in [0.2, 0.25) is 0 Å². The fourth-order valence-corrected chi connectivity index (χ4v) is 9.10. The first kappa shape index (κ1) is 49.8. The third-order valence-corrected chi connectivity index (χ3v) is 12.4. The maximum absolute atomic E-state index is 13.1. The number of carbonyl (C=O) groups is 2. The van der Waals surface area contributed by atoms with E-state index in [-0.39, 0.29) is 30.9 Å².